The first-order chi connectivity index (χ1) is 8.97. The summed E-state index contributed by atoms with van der Waals surface area (Å²) in [7, 11) is -3.48. The molecule has 0 amide bonds. The Balaban J connectivity index is 2.09. The molecule has 2 aromatic rings. The molecule has 0 unspecified atom stereocenters. The number of hydrogen-bond acceptors (Lipinski definition) is 3. The van der Waals surface area contributed by atoms with E-state index in [1.54, 1.807) is 30.5 Å². The van der Waals surface area contributed by atoms with Crippen LogP contribution in [0.4, 0.5) is 0 Å². The molecule has 0 saturated carbocycles. The molecule has 6 heteroatoms. The van der Waals surface area contributed by atoms with Crippen molar-refractivity contribution in [1.82, 2.24) is 9.71 Å². The highest BCUT2D eigenvalue weighted by molar-refractivity contribution is 9.10. The van der Waals surface area contributed by atoms with E-state index in [2.05, 4.69) is 25.6 Å². The second-order valence-corrected chi connectivity index (χ2v) is 6.77. The third-order valence-corrected chi connectivity index (χ3v) is 4.51. The monoisotopic (exact) mass is 340 g/mol. The van der Waals surface area contributed by atoms with Crippen LogP contribution in [0, 0.1) is 6.92 Å². The van der Waals surface area contributed by atoms with E-state index in [1.807, 2.05) is 19.1 Å². The summed E-state index contributed by atoms with van der Waals surface area (Å²) in [6.45, 7) is 2.11. The van der Waals surface area contributed by atoms with E-state index in [0.29, 0.717) is 0 Å². The van der Waals surface area contributed by atoms with Crippen LogP contribution in [0.15, 0.2) is 52.0 Å². The predicted molar refractivity (Wildman–Crippen MR) is 77.1 cm³/mol. The van der Waals surface area contributed by atoms with Crippen LogP contribution < -0.4 is 4.72 Å². The lowest BCUT2D eigenvalue weighted by molar-refractivity contribution is 0.581. The molecule has 1 N–H and O–H groups in total. The number of nitrogens with zero attached hydrogens (tertiary/aromatic N) is 1. The summed E-state index contributed by atoms with van der Waals surface area (Å²) >= 11 is 3.27. The quantitative estimate of drug-likeness (QED) is 0.930. The van der Waals surface area contributed by atoms with E-state index in [-0.39, 0.29) is 11.4 Å². The number of aryl methyl sites for hydroxylation is 1. The lowest BCUT2D eigenvalue weighted by Gasteiger charge is -2.07. The van der Waals surface area contributed by atoms with Gasteiger partial charge in [0, 0.05) is 22.9 Å². The van der Waals surface area contributed by atoms with Crippen LogP contribution in [0.25, 0.3) is 0 Å². The standard InChI is InChI=1S/C13H13BrN2O2S/c1-10-2-3-11(8-15-10)9-16-19(17,18)13-6-4-12(14)5-7-13/h2-8,16H,9H2,1H3. The number of pyridine rings is 1. The summed E-state index contributed by atoms with van der Waals surface area (Å²) in [5.74, 6) is 0. The highest BCUT2D eigenvalue weighted by Gasteiger charge is 2.13. The second-order valence-electron chi connectivity index (χ2n) is 4.09. The fourth-order valence-corrected chi connectivity index (χ4v) is 2.76. The van der Waals surface area contributed by atoms with E-state index >= 15 is 0 Å². The highest BCUT2D eigenvalue weighted by Crippen LogP contribution is 2.14. The van der Waals surface area contributed by atoms with Gasteiger partial charge in [0.2, 0.25) is 10.0 Å². The number of rotatable bonds is 4. The number of sulfonamides is 1. The molecule has 1 heterocycles. The Bertz CT molecular complexity index is 652. The molecular weight excluding hydrogens is 328 g/mol. The first-order valence-corrected chi connectivity index (χ1v) is 7.92. The van der Waals surface area contributed by atoms with Crippen molar-refractivity contribution in [3.8, 4) is 0 Å². The Hall–Kier alpha value is -1.24. The Morgan fingerprint density at radius 1 is 1.16 bits per heavy atom. The van der Waals surface area contributed by atoms with Gasteiger partial charge in [0.15, 0.2) is 0 Å². The fourth-order valence-electron chi connectivity index (χ4n) is 1.48. The van der Waals surface area contributed by atoms with Gasteiger partial charge < -0.3 is 0 Å². The van der Waals surface area contributed by atoms with Gasteiger partial charge in [-0.15, -0.1) is 0 Å². The summed E-state index contributed by atoms with van der Waals surface area (Å²) < 4.78 is 27.5. The maximum absolute atomic E-state index is 12.0. The van der Waals surface area contributed by atoms with Gasteiger partial charge in [0.25, 0.3) is 0 Å². The fraction of sp³-hybridized carbons (Fsp3) is 0.154. The normalized spacial score (nSPS) is 11.5. The first kappa shape index (κ1) is 14.2. The molecule has 0 spiro atoms. The van der Waals surface area contributed by atoms with E-state index in [1.165, 1.54) is 0 Å². The maximum atomic E-state index is 12.0. The molecule has 0 aliphatic heterocycles. The molecule has 0 saturated heterocycles. The number of aromatic nitrogens is 1. The number of hydrogen-bond donors (Lipinski definition) is 1. The van der Waals surface area contributed by atoms with Gasteiger partial charge in [-0.3, -0.25) is 4.98 Å². The van der Waals surface area contributed by atoms with Gasteiger partial charge in [-0.2, -0.15) is 0 Å². The molecule has 0 aliphatic carbocycles. The van der Waals surface area contributed by atoms with Crippen LogP contribution >= 0.6 is 15.9 Å². The third kappa shape index (κ3) is 3.86. The Kier molecular flexibility index (Phi) is 4.34. The highest BCUT2D eigenvalue weighted by atomic mass is 79.9. The van der Waals surface area contributed by atoms with Gasteiger partial charge in [-0.05, 0) is 42.8 Å². The van der Waals surface area contributed by atoms with Gasteiger partial charge in [0.05, 0.1) is 4.90 Å². The summed E-state index contributed by atoms with van der Waals surface area (Å²) in [5.41, 5.74) is 1.73. The van der Waals surface area contributed by atoms with Gasteiger partial charge in [-0.25, -0.2) is 13.1 Å². The van der Waals surface area contributed by atoms with Crippen molar-refractivity contribution in [1.29, 1.82) is 0 Å². The van der Waals surface area contributed by atoms with Crippen molar-refractivity contribution in [2.24, 2.45) is 0 Å². The van der Waals surface area contributed by atoms with E-state index in [0.717, 1.165) is 15.7 Å². The van der Waals surface area contributed by atoms with Crippen molar-refractivity contribution in [3.05, 3.63) is 58.3 Å². The summed E-state index contributed by atoms with van der Waals surface area (Å²) in [5, 5.41) is 0. The zero-order valence-electron chi connectivity index (χ0n) is 10.3. The van der Waals surface area contributed by atoms with E-state index in [4.69, 9.17) is 0 Å². The summed E-state index contributed by atoms with van der Waals surface area (Å²) in [6, 6.07) is 10.2. The average molecular weight is 341 g/mol. The van der Waals surface area contributed by atoms with Gasteiger partial charge in [0.1, 0.15) is 0 Å². The van der Waals surface area contributed by atoms with Crippen molar-refractivity contribution in [3.63, 3.8) is 0 Å². The van der Waals surface area contributed by atoms with Crippen LogP contribution in [0.1, 0.15) is 11.3 Å². The Morgan fingerprint density at radius 2 is 1.84 bits per heavy atom. The molecule has 0 radical (unpaired) electrons. The number of nitrogens with one attached hydrogen (secondary N) is 1. The van der Waals surface area contributed by atoms with Gasteiger partial charge in [-0.1, -0.05) is 22.0 Å². The van der Waals surface area contributed by atoms with Crippen molar-refractivity contribution >= 4 is 26.0 Å². The number of halogens is 1. The average Bonchev–Trinajstić information content (AvgIpc) is 2.39. The summed E-state index contributed by atoms with van der Waals surface area (Å²) in [4.78, 5) is 4.37. The lowest BCUT2D eigenvalue weighted by Crippen LogP contribution is -2.23. The Labute approximate surface area is 121 Å². The molecule has 4 nitrogen and oxygen atoms in total. The molecule has 1 aromatic heterocycles. The molecule has 0 bridgehead atoms. The predicted octanol–water partition coefficient (Wildman–Crippen LogP) is 2.63. The second kappa shape index (κ2) is 5.81. The minimum Gasteiger partial charge on any atom is -0.261 e. The van der Waals surface area contributed by atoms with Crippen LogP contribution in [0.5, 0.6) is 0 Å². The van der Waals surface area contributed by atoms with Crippen molar-refractivity contribution in [2.45, 2.75) is 18.4 Å². The molecule has 1 aromatic carbocycles. The van der Waals surface area contributed by atoms with E-state index in [9.17, 15) is 8.42 Å². The molecule has 0 atom stereocenters. The molecule has 100 valence electrons. The molecule has 19 heavy (non-hydrogen) atoms. The first-order valence-electron chi connectivity index (χ1n) is 5.64. The Morgan fingerprint density at radius 3 is 2.42 bits per heavy atom. The van der Waals surface area contributed by atoms with Crippen LogP contribution in [-0.4, -0.2) is 13.4 Å². The van der Waals surface area contributed by atoms with E-state index < -0.39 is 10.0 Å². The maximum Gasteiger partial charge on any atom is 0.240 e. The third-order valence-electron chi connectivity index (χ3n) is 2.56. The molecule has 2 rings (SSSR count). The number of benzene rings is 1. The summed E-state index contributed by atoms with van der Waals surface area (Å²) in [6.07, 6.45) is 1.67. The zero-order chi connectivity index (χ0) is 13.9. The van der Waals surface area contributed by atoms with Gasteiger partial charge >= 0.3 is 0 Å². The van der Waals surface area contributed by atoms with Crippen LogP contribution in [0.2, 0.25) is 0 Å². The molecular formula is C13H13BrN2O2S. The van der Waals surface area contributed by atoms with Crippen LogP contribution in [-0.2, 0) is 16.6 Å². The van der Waals surface area contributed by atoms with Crippen LogP contribution in [0.3, 0.4) is 0 Å². The SMILES string of the molecule is Cc1ccc(CNS(=O)(=O)c2ccc(Br)cc2)cn1. The minimum atomic E-state index is -3.48. The van der Waals surface area contributed by atoms with Crippen molar-refractivity contribution in [2.75, 3.05) is 0 Å². The molecule has 0 fully saturated rings. The molecule has 0 aliphatic rings. The lowest BCUT2D eigenvalue weighted by atomic mass is 10.2. The smallest absolute Gasteiger partial charge is 0.240 e. The van der Waals surface area contributed by atoms with Crippen molar-refractivity contribution < 1.29 is 8.42 Å². The largest absolute Gasteiger partial charge is 0.261 e. The topological polar surface area (TPSA) is 59.1 Å². The zero-order valence-corrected chi connectivity index (χ0v) is 12.7. The minimum absolute atomic E-state index is 0.228.